The van der Waals surface area contributed by atoms with Gasteiger partial charge in [0.05, 0.1) is 18.6 Å². The molecule has 114 valence electrons. The predicted molar refractivity (Wildman–Crippen MR) is 76.0 cm³/mol. The lowest BCUT2D eigenvalue weighted by Crippen LogP contribution is -2.45. The van der Waals surface area contributed by atoms with E-state index in [2.05, 4.69) is 0 Å². The van der Waals surface area contributed by atoms with Crippen molar-refractivity contribution in [2.45, 2.75) is 58.0 Å². The van der Waals surface area contributed by atoms with Crippen LogP contribution in [0.3, 0.4) is 0 Å². The monoisotopic (exact) mass is 282 g/mol. The minimum Gasteiger partial charge on any atom is -0.394 e. The lowest BCUT2D eigenvalue weighted by atomic mass is 10.0. The molecule has 20 heavy (non-hydrogen) atoms. The first kappa shape index (κ1) is 15.3. The van der Waals surface area contributed by atoms with Crippen LogP contribution in [0.5, 0.6) is 0 Å². The van der Waals surface area contributed by atoms with Gasteiger partial charge in [-0.05, 0) is 26.7 Å². The maximum absolute atomic E-state index is 12.7. The van der Waals surface area contributed by atoms with Crippen molar-refractivity contribution in [3.05, 3.63) is 0 Å². The fourth-order valence-corrected chi connectivity index (χ4v) is 3.29. The molecule has 2 fully saturated rings. The lowest BCUT2D eigenvalue weighted by molar-refractivity contribution is -0.138. The smallest absolute Gasteiger partial charge is 0.228 e. The molecule has 0 aromatic heterocycles. The lowest BCUT2D eigenvalue weighted by Gasteiger charge is -2.31. The highest BCUT2D eigenvalue weighted by atomic mass is 16.3. The van der Waals surface area contributed by atoms with Crippen LogP contribution < -0.4 is 0 Å². The van der Waals surface area contributed by atoms with Crippen molar-refractivity contribution in [2.24, 2.45) is 5.92 Å². The maximum atomic E-state index is 12.7. The van der Waals surface area contributed by atoms with Gasteiger partial charge in [-0.3, -0.25) is 9.59 Å². The molecule has 0 radical (unpaired) electrons. The molecule has 0 saturated carbocycles. The van der Waals surface area contributed by atoms with Gasteiger partial charge in [-0.25, -0.2) is 0 Å². The molecule has 5 heteroatoms. The third kappa shape index (κ3) is 3.14. The zero-order valence-electron chi connectivity index (χ0n) is 12.5. The summed E-state index contributed by atoms with van der Waals surface area (Å²) in [6, 6.07) is 0.0891. The third-order valence-electron chi connectivity index (χ3n) is 4.50. The van der Waals surface area contributed by atoms with Gasteiger partial charge in [0, 0.05) is 25.6 Å². The number of carbonyl (C=O) groups excluding carboxylic acids is 2. The van der Waals surface area contributed by atoms with Crippen LogP contribution >= 0.6 is 0 Å². The summed E-state index contributed by atoms with van der Waals surface area (Å²) in [5.41, 5.74) is 0. The molecule has 0 aliphatic carbocycles. The van der Waals surface area contributed by atoms with Crippen LogP contribution in [0.25, 0.3) is 0 Å². The zero-order chi connectivity index (χ0) is 14.7. The van der Waals surface area contributed by atoms with Gasteiger partial charge in [-0.1, -0.05) is 12.8 Å². The van der Waals surface area contributed by atoms with E-state index in [0.29, 0.717) is 13.0 Å². The molecule has 5 nitrogen and oxygen atoms in total. The molecule has 2 aliphatic rings. The van der Waals surface area contributed by atoms with Crippen LogP contribution in [0.4, 0.5) is 0 Å². The number of aliphatic hydroxyl groups excluding tert-OH is 1. The Morgan fingerprint density at radius 3 is 2.70 bits per heavy atom. The molecule has 2 rings (SSSR count). The molecule has 2 atom stereocenters. The largest absolute Gasteiger partial charge is 0.394 e. The van der Waals surface area contributed by atoms with E-state index in [1.165, 1.54) is 0 Å². The average molecular weight is 282 g/mol. The number of aliphatic hydroxyl groups is 1. The zero-order valence-corrected chi connectivity index (χ0v) is 12.5. The van der Waals surface area contributed by atoms with Crippen LogP contribution in [0.15, 0.2) is 0 Å². The molecule has 0 bridgehead atoms. The normalized spacial score (nSPS) is 28.1. The molecule has 0 spiro atoms. The highest BCUT2D eigenvalue weighted by Crippen LogP contribution is 2.25. The van der Waals surface area contributed by atoms with E-state index >= 15 is 0 Å². The van der Waals surface area contributed by atoms with Gasteiger partial charge < -0.3 is 14.9 Å². The number of rotatable bonds is 3. The van der Waals surface area contributed by atoms with Crippen molar-refractivity contribution in [3.63, 3.8) is 0 Å². The molecule has 2 unspecified atom stereocenters. The van der Waals surface area contributed by atoms with Crippen molar-refractivity contribution in [3.8, 4) is 0 Å². The Morgan fingerprint density at radius 1 is 1.35 bits per heavy atom. The second kappa shape index (κ2) is 6.57. The van der Waals surface area contributed by atoms with Crippen LogP contribution in [0, 0.1) is 5.92 Å². The van der Waals surface area contributed by atoms with E-state index in [1.54, 1.807) is 4.90 Å². The molecule has 2 amide bonds. The Morgan fingerprint density at radius 2 is 2.10 bits per heavy atom. The second-order valence-corrected chi connectivity index (χ2v) is 6.26. The fourth-order valence-electron chi connectivity index (χ4n) is 3.29. The van der Waals surface area contributed by atoms with Crippen LogP contribution in [0.2, 0.25) is 0 Å². The van der Waals surface area contributed by atoms with E-state index in [0.717, 1.165) is 32.2 Å². The van der Waals surface area contributed by atoms with Crippen LogP contribution in [0.1, 0.15) is 46.0 Å². The first-order valence-corrected chi connectivity index (χ1v) is 7.75. The summed E-state index contributed by atoms with van der Waals surface area (Å²) in [4.78, 5) is 28.2. The van der Waals surface area contributed by atoms with Gasteiger partial charge in [0.1, 0.15) is 0 Å². The van der Waals surface area contributed by atoms with Gasteiger partial charge in [-0.15, -0.1) is 0 Å². The van der Waals surface area contributed by atoms with E-state index in [-0.39, 0.29) is 36.4 Å². The molecule has 0 aromatic rings. The van der Waals surface area contributed by atoms with Crippen molar-refractivity contribution >= 4 is 11.8 Å². The van der Waals surface area contributed by atoms with Crippen molar-refractivity contribution in [1.82, 2.24) is 9.80 Å². The van der Waals surface area contributed by atoms with Crippen LogP contribution in [-0.4, -0.2) is 58.5 Å². The van der Waals surface area contributed by atoms with Crippen molar-refractivity contribution in [1.29, 1.82) is 0 Å². The van der Waals surface area contributed by atoms with Gasteiger partial charge in [-0.2, -0.15) is 0 Å². The molecule has 0 aromatic carbocycles. The molecule has 2 aliphatic heterocycles. The van der Waals surface area contributed by atoms with Crippen molar-refractivity contribution < 1.29 is 14.7 Å². The first-order chi connectivity index (χ1) is 9.54. The van der Waals surface area contributed by atoms with Crippen molar-refractivity contribution in [2.75, 3.05) is 19.7 Å². The summed E-state index contributed by atoms with van der Waals surface area (Å²) >= 11 is 0. The van der Waals surface area contributed by atoms with Crippen LogP contribution in [-0.2, 0) is 9.59 Å². The second-order valence-electron chi connectivity index (χ2n) is 6.26. The Labute approximate surface area is 120 Å². The minimum absolute atomic E-state index is 0.0281. The summed E-state index contributed by atoms with van der Waals surface area (Å²) in [7, 11) is 0. The number of hydrogen-bond donors (Lipinski definition) is 1. The predicted octanol–water partition coefficient (Wildman–Crippen LogP) is 1.01. The molecular formula is C15H26N2O3. The van der Waals surface area contributed by atoms with Gasteiger partial charge in [0.25, 0.3) is 0 Å². The molecule has 2 heterocycles. The summed E-state index contributed by atoms with van der Waals surface area (Å²) in [5, 5.41) is 9.50. The number of hydrogen-bond acceptors (Lipinski definition) is 3. The number of nitrogens with zero attached hydrogens (tertiary/aromatic N) is 2. The van der Waals surface area contributed by atoms with Gasteiger partial charge >= 0.3 is 0 Å². The number of amides is 2. The Hall–Kier alpha value is -1.10. The molecule has 1 N–H and O–H groups in total. The first-order valence-electron chi connectivity index (χ1n) is 7.75. The summed E-state index contributed by atoms with van der Waals surface area (Å²) < 4.78 is 0. The minimum atomic E-state index is -0.225. The number of likely N-dealkylation sites (tertiary alicyclic amines) is 2. The Balaban J connectivity index is 2.04. The fraction of sp³-hybridized carbons (Fsp3) is 0.867. The van der Waals surface area contributed by atoms with Gasteiger partial charge in [0.2, 0.25) is 11.8 Å². The average Bonchev–Trinajstić information content (AvgIpc) is 2.67. The highest BCUT2D eigenvalue weighted by molar-refractivity contribution is 5.89. The van der Waals surface area contributed by atoms with E-state index in [9.17, 15) is 14.7 Å². The third-order valence-corrected chi connectivity index (χ3v) is 4.50. The summed E-state index contributed by atoms with van der Waals surface area (Å²) in [6.45, 7) is 5.24. The van der Waals surface area contributed by atoms with Gasteiger partial charge in [0.15, 0.2) is 0 Å². The summed E-state index contributed by atoms with van der Waals surface area (Å²) in [6.07, 6.45) is 4.37. The highest BCUT2D eigenvalue weighted by Gasteiger charge is 2.39. The van der Waals surface area contributed by atoms with E-state index in [1.807, 2.05) is 18.7 Å². The Kier molecular flexibility index (Phi) is 5.02. The molecular weight excluding hydrogens is 256 g/mol. The summed E-state index contributed by atoms with van der Waals surface area (Å²) in [5.74, 6) is -0.0896. The quantitative estimate of drug-likeness (QED) is 0.840. The molecule has 2 saturated heterocycles. The Bertz CT molecular complexity index is 370. The van der Waals surface area contributed by atoms with E-state index in [4.69, 9.17) is 0 Å². The topological polar surface area (TPSA) is 60.9 Å². The van der Waals surface area contributed by atoms with E-state index < -0.39 is 0 Å². The SMILES string of the molecule is CC(C)N1CC(C(=O)N2CCCCCC2CO)CC1=O. The number of carbonyl (C=O) groups is 2. The maximum Gasteiger partial charge on any atom is 0.228 e. The standard InChI is InChI=1S/C15H26N2O3/c1-11(2)17-9-12(8-14(17)19)15(20)16-7-5-3-4-6-13(16)10-18/h11-13,18H,3-10H2,1-2H3.